The number of hydrogen-bond donors (Lipinski definition) is 0. The van der Waals surface area contributed by atoms with E-state index >= 15 is 0 Å². The molecule has 0 saturated heterocycles. The Morgan fingerprint density at radius 2 is 0.831 bits per heavy atom. The summed E-state index contributed by atoms with van der Waals surface area (Å²) in [5.74, 6) is 0. The second-order valence-electron chi connectivity index (χ2n) is 16.9. The molecule has 2 heteroatoms. The Morgan fingerprint density at radius 1 is 0.339 bits per heavy atom. The van der Waals surface area contributed by atoms with Crippen LogP contribution in [0.1, 0.15) is 25.0 Å². The predicted octanol–water partition coefficient (Wildman–Crippen LogP) is 15.8. The van der Waals surface area contributed by atoms with Gasteiger partial charge in [0.15, 0.2) is 0 Å². The van der Waals surface area contributed by atoms with E-state index < -0.39 is 0 Å². The Hall–Kier alpha value is -7.42. The summed E-state index contributed by atoms with van der Waals surface area (Å²) in [5.41, 5.74) is 15.5. The number of benzene rings is 10. The van der Waals surface area contributed by atoms with Gasteiger partial charge in [-0.15, -0.1) is 0 Å². The molecule has 2 aromatic heterocycles. The minimum atomic E-state index is -0.182. The van der Waals surface area contributed by atoms with Crippen molar-refractivity contribution in [1.29, 1.82) is 0 Å². The van der Waals surface area contributed by atoms with E-state index in [1.807, 2.05) is 6.07 Å². The van der Waals surface area contributed by atoms with Crippen LogP contribution in [0.4, 0.5) is 0 Å². The SMILES string of the molecule is CC1(C)c2cc3oc4ccccc4c3cc2-c2cc3c4ccccc4n(-c4ccc(-c5ccc(-c6ccc7c8ccccc8c8ccccc8c7c6)cc5)cc4)c3cc21. The standard InChI is InChI=1S/C57H37NO/c1-57(2)51-32-54-49(30-47(51)48-31-50-45-16-8-10-18-55(45)59-56(50)33-52(48)57)44-15-7-9-17-53(44)58(54)38-26-23-35(24-27-38)34-19-21-36(22-20-34)37-25-28-43-41-13-4-3-11-39(41)40-12-5-6-14-42(40)46(43)29-37/h3-33H,1-2H3. The lowest BCUT2D eigenvalue weighted by atomic mass is 9.82. The molecule has 0 saturated carbocycles. The van der Waals surface area contributed by atoms with Crippen LogP contribution in [-0.4, -0.2) is 4.57 Å². The van der Waals surface area contributed by atoms with Crippen LogP contribution in [0.5, 0.6) is 0 Å². The first kappa shape index (κ1) is 32.6. The number of hydrogen-bond acceptors (Lipinski definition) is 1. The number of furan rings is 1. The zero-order chi connectivity index (χ0) is 39.0. The Balaban J connectivity index is 0.883. The molecule has 10 aromatic carbocycles. The molecule has 0 N–H and O–H groups in total. The average Bonchev–Trinajstić information content (AvgIpc) is 3.89. The highest BCUT2D eigenvalue weighted by Gasteiger charge is 2.37. The van der Waals surface area contributed by atoms with E-state index in [2.05, 4.69) is 200 Å². The van der Waals surface area contributed by atoms with Gasteiger partial charge in [0.1, 0.15) is 11.2 Å². The van der Waals surface area contributed by atoms with Gasteiger partial charge < -0.3 is 8.98 Å². The molecule has 0 unspecified atom stereocenters. The van der Waals surface area contributed by atoms with Gasteiger partial charge in [-0.05, 0) is 131 Å². The molecule has 1 aliphatic rings. The molecule has 0 bridgehead atoms. The van der Waals surface area contributed by atoms with E-state index in [0.717, 1.165) is 16.9 Å². The highest BCUT2D eigenvalue weighted by Crippen LogP contribution is 2.53. The maximum Gasteiger partial charge on any atom is 0.135 e. The van der Waals surface area contributed by atoms with E-state index in [4.69, 9.17) is 4.42 Å². The fourth-order valence-electron chi connectivity index (χ4n) is 10.4. The average molecular weight is 752 g/mol. The van der Waals surface area contributed by atoms with Crippen LogP contribution in [0.15, 0.2) is 192 Å². The summed E-state index contributed by atoms with van der Waals surface area (Å²) < 4.78 is 8.82. The molecule has 0 spiro atoms. The van der Waals surface area contributed by atoms with Crippen LogP contribution >= 0.6 is 0 Å². The van der Waals surface area contributed by atoms with Gasteiger partial charge in [0, 0.05) is 32.6 Å². The Bertz CT molecular complexity index is 3690. The first-order valence-electron chi connectivity index (χ1n) is 20.6. The molecular weight excluding hydrogens is 715 g/mol. The van der Waals surface area contributed by atoms with Crippen molar-refractivity contribution in [3.8, 4) is 39.1 Å². The summed E-state index contributed by atoms with van der Waals surface area (Å²) in [5, 5.41) is 12.7. The van der Waals surface area contributed by atoms with E-state index in [0.29, 0.717) is 0 Å². The third kappa shape index (κ3) is 4.57. The Labute approximate surface area is 341 Å². The van der Waals surface area contributed by atoms with Crippen molar-refractivity contribution in [3.63, 3.8) is 0 Å². The van der Waals surface area contributed by atoms with Gasteiger partial charge >= 0.3 is 0 Å². The molecule has 2 heterocycles. The van der Waals surface area contributed by atoms with Crippen molar-refractivity contribution in [2.24, 2.45) is 0 Å². The van der Waals surface area contributed by atoms with Crippen LogP contribution in [0, 0.1) is 0 Å². The second kappa shape index (κ2) is 11.8. The van der Waals surface area contributed by atoms with Crippen LogP contribution in [0.3, 0.4) is 0 Å². The van der Waals surface area contributed by atoms with E-state index in [-0.39, 0.29) is 5.41 Å². The molecule has 0 radical (unpaired) electrons. The number of nitrogens with zero attached hydrogens (tertiary/aromatic N) is 1. The summed E-state index contributed by atoms with van der Waals surface area (Å²) in [7, 11) is 0. The molecular formula is C57H37NO. The summed E-state index contributed by atoms with van der Waals surface area (Å²) in [6.07, 6.45) is 0. The fraction of sp³-hybridized carbons (Fsp3) is 0.0526. The van der Waals surface area contributed by atoms with Crippen molar-refractivity contribution in [1.82, 2.24) is 4.57 Å². The molecule has 1 aliphatic carbocycles. The second-order valence-corrected chi connectivity index (χ2v) is 16.9. The first-order valence-corrected chi connectivity index (χ1v) is 20.6. The van der Waals surface area contributed by atoms with Crippen molar-refractivity contribution in [2.75, 3.05) is 0 Å². The molecule has 2 nitrogen and oxygen atoms in total. The fourth-order valence-corrected chi connectivity index (χ4v) is 10.4. The molecule has 12 aromatic rings. The lowest BCUT2D eigenvalue weighted by Gasteiger charge is -2.21. The summed E-state index contributed by atoms with van der Waals surface area (Å²) in [6.45, 7) is 4.71. The summed E-state index contributed by atoms with van der Waals surface area (Å²) in [6, 6.07) is 69.4. The smallest absolute Gasteiger partial charge is 0.135 e. The number of fused-ring (bicyclic) bond motifs is 15. The van der Waals surface area contributed by atoms with Crippen LogP contribution < -0.4 is 0 Å². The lowest BCUT2D eigenvalue weighted by Crippen LogP contribution is -2.15. The molecule has 0 atom stereocenters. The van der Waals surface area contributed by atoms with Gasteiger partial charge in [0.05, 0.1) is 11.0 Å². The topological polar surface area (TPSA) is 18.1 Å². The van der Waals surface area contributed by atoms with Crippen LogP contribution in [-0.2, 0) is 5.41 Å². The number of aromatic nitrogens is 1. The monoisotopic (exact) mass is 751 g/mol. The van der Waals surface area contributed by atoms with Gasteiger partial charge in [-0.25, -0.2) is 0 Å². The van der Waals surface area contributed by atoms with Crippen molar-refractivity contribution in [2.45, 2.75) is 19.3 Å². The minimum Gasteiger partial charge on any atom is -0.456 e. The molecule has 276 valence electrons. The highest BCUT2D eigenvalue weighted by molar-refractivity contribution is 6.25. The molecule has 0 amide bonds. The van der Waals surface area contributed by atoms with Gasteiger partial charge in [-0.1, -0.05) is 147 Å². The van der Waals surface area contributed by atoms with Crippen molar-refractivity contribution >= 4 is 76.1 Å². The van der Waals surface area contributed by atoms with Gasteiger partial charge in [0.25, 0.3) is 0 Å². The molecule has 0 aliphatic heterocycles. The van der Waals surface area contributed by atoms with Gasteiger partial charge in [0.2, 0.25) is 0 Å². The van der Waals surface area contributed by atoms with Gasteiger partial charge in [-0.3, -0.25) is 0 Å². The molecule has 59 heavy (non-hydrogen) atoms. The van der Waals surface area contributed by atoms with E-state index in [1.54, 1.807) is 0 Å². The van der Waals surface area contributed by atoms with Gasteiger partial charge in [-0.2, -0.15) is 0 Å². The number of para-hydroxylation sites is 2. The third-order valence-electron chi connectivity index (χ3n) is 13.4. The van der Waals surface area contributed by atoms with Crippen LogP contribution in [0.25, 0.3) is 115 Å². The molecule has 13 rings (SSSR count). The predicted molar refractivity (Wildman–Crippen MR) is 249 cm³/mol. The maximum absolute atomic E-state index is 6.37. The minimum absolute atomic E-state index is 0.182. The first-order chi connectivity index (χ1) is 29.0. The largest absolute Gasteiger partial charge is 0.456 e. The van der Waals surface area contributed by atoms with Crippen LogP contribution in [0.2, 0.25) is 0 Å². The highest BCUT2D eigenvalue weighted by atomic mass is 16.3. The van der Waals surface area contributed by atoms with Crippen molar-refractivity contribution < 1.29 is 4.42 Å². The lowest BCUT2D eigenvalue weighted by molar-refractivity contribution is 0.647. The number of rotatable bonds is 3. The summed E-state index contributed by atoms with van der Waals surface area (Å²) >= 11 is 0. The Kier molecular flexibility index (Phi) is 6.54. The zero-order valence-electron chi connectivity index (χ0n) is 32.8. The van der Waals surface area contributed by atoms with E-state index in [1.165, 1.54) is 109 Å². The maximum atomic E-state index is 6.37. The van der Waals surface area contributed by atoms with Crippen molar-refractivity contribution in [3.05, 3.63) is 199 Å². The normalized spacial score (nSPS) is 13.4. The van der Waals surface area contributed by atoms with E-state index in [9.17, 15) is 0 Å². The third-order valence-corrected chi connectivity index (χ3v) is 13.4. The Morgan fingerprint density at radius 3 is 1.51 bits per heavy atom. The summed E-state index contributed by atoms with van der Waals surface area (Å²) in [4.78, 5) is 0. The zero-order valence-corrected chi connectivity index (χ0v) is 32.8. The quantitative estimate of drug-likeness (QED) is 0.164. The molecule has 0 fully saturated rings.